The van der Waals surface area contributed by atoms with Crippen molar-refractivity contribution in [3.63, 3.8) is 0 Å². The summed E-state index contributed by atoms with van der Waals surface area (Å²) in [6, 6.07) is 23.1. The average Bonchev–Trinajstić information content (AvgIpc) is 3.41. The maximum Gasteiger partial charge on any atom is 0.243 e. The standard InChI is InChI=1S/C31H34N4O6/c36-19-21-12-14-22(15-13-21)28-17-25(18-35-20-32-26-8-1-2-9-27(26)35)40-31(41-28)23-6-5-7-24(16-23)33-29(37)10-3-4-11-30(38)34-39/h1-2,5-9,12-16,20,25,28,31,36,39H,3-4,10-11,17-19H2,(H,33,37)(H,34,38)/t25-,28+,31+/m1/s1. The van der Waals surface area contributed by atoms with Crippen LogP contribution in [0.1, 0.15) is 61.2 Å². The summed E-state index contributed by atoms with van der Waals surface area (Å²) in [7, 11) is 0. The Morgan fingerprint density at radius 2 is 1.71 bits per heavy atom. The van der Waals surface area contributed by atoms with Crippen LogP contribution in [0.4, 0.5) is 5.69 Å². The Kier molecular flexibility index (Phi) is 9.37. The molecule has 2 amide bonds. The number of carbonyl (C=O) groups is 2. The van der Waals surface area contributed by atoms with E-state index in [-0.39, 0.29) is 37.6 Å². The van der Waals surface area contributed by atoms with Gasteiger partial charge in [-0.1, -0.05) is 48.5 Å². The van der Waals surface area contributed by atoms with Gasteiger partial charge in [-0.3, -0.25) is 14.8 Å². The number of rotatable bonds is 11. The van der Waals surface area contributed by atoms with Crippen LogP contribution in [0.5, 0.6) is 0 Å². The Balaban J connectivity index is 1.31. The number of imidazole rings is 1. The summed E-state index contributed by atoms with van der Waals surface area (Å²) in [5, 5.41) is 21.0. The highest BCUT2D eigenvalue weighted by Crippen LogP contribution is 2.39. The van der Waals surface area contributed by atoms with Crippen molar-refractivity contribution in [2.45, 2.75) is 63.8 Å². The van der Waals surface area contributed by atoms with Crippen molar-refractivity contribution in [2.24, 2.45) is 0 Å². The predicted molar refractivity (Wildman–Crippen MR) is 152 cm³/mol. The Morgan fingerprint density at radius 1 is 0.927 bits per heavy atom. The number of nitrogens with one attached hydrogen (secondary N) is 2. The molecule has 1 aromatic heterocycles. The van der Waals surface area contributed by atoms with Gasteiger partial charge >= 0.3 is 0 Å². The van der Waals surface area contributed by atoms with Crippen LogP contribution in [0.25, 0.3) is 11.0 Å². The highest BCUT2D eigenvalue weighted by atomic mass is 16.7. The Morgan fingerprint density at radius 3 is 2.49 bits per heavy atom. The van der Waals surface area contributed by atoms with E-state index in [1.165, 1.54) is 0 Å². The fraction of sp³-hybridized carbons (Fsp3) is 0.323. The van der Waals surface area contributed by atoms with E-state index in [9.17, 15) is 14.7 Å². The van der Waals surface area contributed by atoms with Crippen molar-refractivity contribution in [1.82, 2.24) is 15.0 Å². The third-order valence-corrected chi connectivity index (χ3v) is 7.17. The average molecular weight is 559 g/mol. The molecule has 1 aliphatic rings. The number of anilines is 1. The highest BCUT2D eigenvalue weighted by Gasteiger charge is 2.32. The van der Waals surface area contributed by atoms with Crippen LogP contribution < -0.4 is 10.8 Å². The van der Waals surface area contributed by atoms with Gasteiger partial charge in [0.2, 0.25) is 11.8 Å². The number of aromatic nitrogens is 2. The van der Waals surface area contributed by atoms with Gasteiger partial charge in [-0.2, -0.15) is 0 Å². The van der Waals surface area contributed by atoms with Gasteiger partial charge in [-0.25, -0.2) is 10.5 Å². The molecular weight excluding hydrogens is 524 g/mol. The first-order valence-corrected chi connectivity index (χ1v) is 13.8. The molecule has 0 unspecified atom stereocenters. The molecule has 5 rings (SSSR count). The van der Waals surface area contributed by atoms with E-state index in [0.29, 0.717) is 31.5 Å². The number of para-hydroxylation sites is 2. The minimum absolute atomic E-state index is 0.0234. The fourth-order valence-electron chi connectivity index (χ4n) is 5.02. The number of fused-ring (bicyclic) bond motifs is 1. The summed E-state index contributed by atoms with van der Waals surface area (Å²) >= 11 is 0. The van der Waals surface area contributed by atoms with Crippen LogP contribution in [0.2, 0.25) is 0 Å². The van der Waals surface area contributed by atoms with Gasteiger partial charge in [0.25, 0.3) is 0 Å². The second kappa shape index (κ2) is 13.5. The minimum Gasteiger partial charge on any atom is -0.392 e. The predicted octanol–water partition coefficient (Wildman–Crippen LogP) is 4.78. The van der Waals surface area contributed by atoms with Crippen LogP contribution >= 0.6 is 0 Å². The molecule has 4 aromatic rings. The topological polar surface area (TPSA) is 135 Å². The monoisotopic (exact) mass is 558 g/mol. The first-order chi connectivity index (χ1) is 20.0. The number of hydroxylamine groups is 1. The largest absolute Gasteiger partial charge is 0.392 e. The molecule has 10 nitrogen and oxygen atoms in total. The molecule has 3 aromatic carbocycles. The van der Waals surface area contributed by atoms with Crippen molar-refractivity contribution in [3.05, 3.63) is 95.8 Å². The van der Waals surface area contributed by atoms with Gasteiger partial charge in [0.1, 0.15) is 0 Å². The summed E-state index contributed by atoms with van der Waals surface area (Å²) in [4.78, 5) is 28.2. The molecule has 1 aliphatic heterocycles. The molecule has 0 aliphatic carbocycles. The second-order valence-corrected chi connectivity index (χ2v) is 10.2. The van der Waals surface area contributed by atoms with E-state index in [2.05, 4.69) is 14.9 Å². The summed E-state index contributed by atoms with van der Waals surface area (Å²) in [6.07, 6.45) is 2.82. The van der Waals surface area contributed by atoms with Crippen LogP contribution in [-0.4, -0.2) is 37.8 Å². The number of hydrogen-bond donors (Lipinski definition) is 4. The third-order valence-electron chi connectivity index (χ3n) is 7.17. The molecule has 1 saturated heterocycles. The molecule has 1 fully saturated rings. The molecule has 10 heteroatoms. The number of nitrogens with zero attached hydrogens (tertiary/aromatic N) is 2. The second-order valence-electron chi connectivity index (χ2n) is 10.2. The number of unbranched alkanes of at least 4 members (excludes halogenated alkanes) is 1. The highest BCUT2D eigenvalue weighted by molar-refractivity contribution is 5.90. The lowest BCUT2D eigenvalue weighted by Gasteiger charge is -2.36. The Bertz CT molecular complexity index is 1470. The molecule has 214 valence electrons. The van der Waals surface area contributed by atoms with E-state index in [1.807, 2.05) is 79.1 Å². The fourth-order valence-corrected chi connectivity index (χ4v) is 5.02. The van der Waals surface area contributed by atoms with Crippen molar-refractivity contribution in [3.8, 4) is 0 Å². The van der Waals surface area contributed by atoms with Crippen LogP contribution in [0.3, 0.4) is 0 Å². The number of aliphatic hydroxyl groups is 1. The van der Waals surface area contributed by atoms with Gasteiger partial charge in [0.15, 0.2) is 6.29 Å². The van der Waals surface area contributed by atoms with Crippen molar-refractivity contribution in [1.29, 1.82) is 0 Å². The molecule has 0 radical (unpaired) electrons. The molecule has 0 saturated carbocycles. The van der Waals surface area contributed by atoms with Gasteiger partial charge in [0.05, 0.1) is 42.7 Å². The minimum atomic E-state index is -0.667. The molecule has 41 heavy (non-hydrogen) atoms. The zero-order chi connectivity index (χ0) is 28.6. The van der Waals surface area contributed by atoms with Gasteiger partial charge in [-0.05, 0) is 48.2 Å². The molecule has 4 N–H and O–H groups in total. The molecule has 2 heterocycles. The number of amides is 2. The van der Waals surface area contributed by atoms with Gasteiger partial charge in [-0.15, -0.1) is 0 Å². The normalized spacial score (nSPS) is 18.7. The van der Waals surface area contributed by atoms with Crippen LogP contribution in [0.15, 0.2) is 79.1 Å². The van der Waals surface area contributed by atoms with Crippen LogP contribution in [-0.2, 0) is 32.2 Å². The van der Waals surface area contributed by atoms with Crippen LogP contribution in [0, 0.1) is 0 Å². The lowest BCUT2D eigenvalue weighted by atomic mass is 10.00. The van der Waals surface area contributed by atoms with E-state index >= 15 is 0 Å². The summed E-state index contributed by atoms with van der Waals surface area (Å²) in [5.74, 6) is -0.628. The maximum atomic E-state index is 12.5. The van der Waals surface area contributed by atoms with Crippen molar-refractivity contribution < 1.29 is 29.4 Å². The Labute approximate surface area is 237 Å². The lowest BCUT2D eigenvalue weighted by molar-refractivity contribution is -0.252. The molecule has 0 bridgehead atoms. The van der Waals surface area contributed by atoms with Gasteiger partial charge in [0, 0.05) is 30.5 Å². The number of carbonyl (C=O) groups excluding carboxylic acids is 2. The van der Waals surface area contributed by atoms with E-state index in [4.69, 9.17) is 14.7 Å². The lowest BCUT2D eigenvalue weighted by Crippen LogP contribution is -2.32. The van der Waals surface area contributed by atoms with E-state index in [0.717, 1.165) is 27.7 Å². The number of benzene rings is 3. The number of hydrogen-bond acceptors (Lipinski definition) is 7. The van der Waals surface area contributed by atoms with E-state index < -0.39 is 12.2 Å². The first-order valence-electron chi connectivity index (χ1n) is 13.8. The van der Waals surface area contributed by atoms with Crippen molar-refractivity contribution in [2.75, 3.05) is 5.32 Å². The zero-order valence-corrected chi connectivity index (χ0v) is 22.6. The first kappa shape index (κ1) is 28.4. The molecule has 3 atom stereocenters. The maximum absolute atomic E-state index is 12.5. The van der Waals surface area contributed by atoms with Gasteiger partial charge < -0.3 is 24.5 Å². The quantitative estimate of drug-likeness (QED) is 0.118. The van der Waals surface area contributed by atoms with E-state index in [1.54, 1.807) is 5.48 Å². The zero-order valence-electron chi connectivity index (χ0n) is 22.6. The third kappa shape index (κ3) is 7.36. The summed E-state index contributed by atoms with van der Waals surface area (Å²) in [5.41, 5.74) is 6.78. The number of aliphatic hydroxyl groups excluding tert-OH is 1. The van der Waals surface area contributed by atoms with Crippen molar-refractivity contribution >= 4 is 28.5 Å². The SMILES string of the molecule is O=C(CCCCC(=O)Nc1cccc([C@H]2O[C@@H](Cn3cnc4ccccc43)C[C@@H](c3ccc(CO)cc3)O2)c1)NO. The molecule has 0 spiro atoms. The number of ether oxygens (including phenoxy) is 2. The molecular formula is C31H34N4O6. The smallest absolute Gasteiger partial charge is 0.243 e. The summed E-state index contributed by atoms with van der Waals surface area (Å²) in [6.45, 7) is 0.570. The summed E-state index contributed by atoms with van der Waals surface area (Å²) < 4.78 is 15.0. The Hall–Kier alpha value is -4.09.